The minimum atomic E-state index is 0.0776. The van der Waals surface area contributed by atoms with Crippen molar-refractivity contribution in [2.45, 2.75) is 33.4 Å². The van der Waals surface area contributed by atoms with Crippen molar-refractivity contribution in [1.82, 2.24) is 14.8 Å². The van der Waals surface area contributed by atoms with E-state index in [0.29, 0.717) is 6.04 Å². The van der Waals surface area contributed by atoms with Gasteiger partial charge in [0.05, 0.1) is 0 Å². The lowest BCUT2D eigenvalue weighted by molar-refractivity contribution is 0.271. The second-order valence-electron chi connectivity index (χ2n) is 4.78. The van der Waals surface area contributed by atoms with Crippen LogP contribution in [0.25, 0.3) is 0 Å². The van der Waals surface area contributed by atoms with Gasteiger partial charge in [0.1, 0.15) is 0 Å². The molecule has 0 fully saturated rings. The third-order valence-corrected chi connectivity index (χ3v) is 2.98. The highest BCUT2D eigenvalue weighted by atomic mass is 16.1. The molecule has 1 aromatic rings. The zero-order valence-electron chi connectivity index (χ0n) is 11.7. The van der Waals surface area contributed by atoms with Gasteiger partial charge in [-0.25, -0.2) is 0 Å². The van der Waals surface area contributed by atoms with E-state index in [4.69, 9.17) is 0 Å². The zero-order valence-corrected chi connectivity index (χ0v) is 11.7. The molecule has 0 saturated heterocycles. The third kappa shape index (κ3) is 5.47. The molecule has 0 aliphatic rings. The fourth-order valence-corrected chi connectivity index (χ4v) is 1.83. The molecule has 0 aromatic carbocycles. The maximum Gasteiger partial charge on any atom is 0.250 e. The van der Waals surface area contributed by atoms with Crippen molar-refractivity contribution in [2.24, 2.45) is 0 Å². The molecule has 0 bridgehead atoms. The van der Waals surface area contributed by atoms with Gasteiger partial charge in [-0.3, -0.25) is 4.79 Å². The van der Waals surface area contributed by atoms with Crippen molar-refractivity contribution >= 4 is 0 Å². The summed E-state index contributed by atoms with van der Waals surface area (Å²) in [5.41, 5.74) is 0.0776. The van der Waals surface area contributed by atoms with Crippen molar-refractivity contribution in [3.05, 3.63) is 34.7 Å². The van der Waals surface area contributed by atoms with E-state index in [0.717, 1.165) is 32.7 Å². The van der Waals surface area contributed by atoms with E-state index in [-0.39, 0.29) is 5.56 Å². The van der Waals surface area contributed by atoms with E-state index < -0.39 is 0 Å². The van der Waals surface area contributed by atoms with Crippen LogP contribution in [0, 0.1) is 0 Å². The minimum absolute atomic E-state index is 0.0776. The molecule has 1 aromatic heterocycles. The molecule has 102 valence electrons. The lowest BCUT2D eigenvalue weighted by Crippen LogP contribution is -2.37. The normalized spacial score (nSPS) is 11.4. The van der Waals surface area contributed by atoms with Crippen LogP contribution < -0.4 is 10.9 Å². The van der Waals surface area contributed by atoms with Gasteiger partial charge >= 0.3 is 0 Å². The molecule has 0 amide bonds. The molecule has 4 heteroatoms. The van der Waals surface area contributed by atoms with Crippen LogP contribution in [0.15, 0.2) is 29.2 Å². The second kappa shape index (κ2) is 8.06. The highest BCUT2D eigenvalue weighted by molar-refractivity contribution is 4.93. The van der Waals surface area contributed by atoms with Gasteiger partial charge in [0.15, 0.2) is 0 Å². The number of rotatable bonds is 8. The standard InChI is InChI=1S/C14H25N3O/c1-4-16(10-8-15-13(2)3)11-12-17-9-6-5-7-14(17)18/h5-7,9,13,15H,4,8,10-12H2,1-3H3. The number of nitrogens with one attached hydrogen (secondary N) is 1. The molecular formula is C14H25N3O. The van der Waals surface area contributed by atoms with Crippen molar-refractivity contribution in [2.75, 3.05) is 26.2 Å². The average Bonchev–Trinajstić information content (AvgIpc) is 2.35. The Morgan fingerprint density at radius 1 is 1.33 bits per heavy atom. The quantitative estimate of drug-likeness (QED) is 0.753. The van der Waals surface area contributed by atoms with Gasteiger partial charge in [-0.1, -0.05) is 26.8 Å². The zero-order chi connectivity index (χ0) is 13.4. The first-order chi connectivity index (χ1) is 8.63. The molecule has 1 heterocycles. The Morgan fingerprint density at radius 2 is 2.11 bits per heavy atom. The smallest absolute Gasteiger partial charge is 0.250 e. The summed E-state index contributed by atoms with van der Waals surface area (Å²) in [4.78, 5) is 13.9. The number of nitrogens with zero attached hydrogens (tertiary/aromatic N) is 2. The highest BCUT2D eigenvalue weighted by Gasteiger charge is 2.03. The maximum atomic E-state index is 11.6. The number of hydrogen-bond donors (Lipinski definition) is 1. The van der Waals surface area contributed by atoms with Gasteiger partial charge in [-0.05, 0) is 12.6 Å². The summed E-state index contributed by atoms with van der Waals surface area (Å²) in [6, 6.07) is 5.82. The SMILES string of the molecule is CCN(CCNC(C)C)CCn1ccccc1=O. The summed E-state index contributed by atoms with van der Waals surface area (Å²) >= 11 is 0. The molecule has 1 rings (SSSR count). The lowest BCUT2D eigenvalue weighted by Gasteiger charge is -2.21. The topological polar surface area (TPSA) is 37.3 Å². The van der Waals surface area contributed by atoms with Gasteiger partial charge < -0.3 is 14.8 Å². The first-order valence-electron chi connectivity index (χ1n) is 6.74. The van der Waals surface area contributed by atoms with Crippen LogP contribution in [0.2, 0.25) is 0 Å². The van der Waals surface area contributed by atoms with E-state index in [9.17, 15) is 4.79 Å². The number of likely N-dealkylation sites (N-methyl/N-ethyl adjacent to an activating group) is 1. The molecule has 0 radical (unpaired) electrons. The summed E-state index contributed by atoms with van der Waals surface area (Å²) in [6.07, 6.45) is 1.85. The van der Waals surface area contributed by atoms with Gasteiger partial charge in [0.25, 0.3) is 5.56 Å². The van der Waals surface area contributed by atoms with E-state index in [2.05, 4.69) is 31.0 Å². The first-order valence-corrected chi connectivity index (χ1v) is 6.74. The minimum Gasteiger partial charge on any atom is -0.314 e. The first kappa shape index (κ1) is 14.9. The molecular weight excluding hydrogens is 226 g/mol. The summed E-state index contributed by atoms with van der Waals surface area (Å²) in [7, 11) is 0. The van der Waals surface area contributed by atoms with Crippen molar-refractivity contribution in [1.29, 1.82) is 0 Å². The van der Waals surface area contributed by atoms with Crippen molar-refractivity contribution in [3.8, 4) is 0 Å². The summed E-state index contributed by atoms with van der Waals surface area (Å²) < 4.78 is 1.76. The molecule has 18 heavy (non-hydrogen) atoms. The van der Waals surface area contributed by atoms with Crippen LogP contribution in [0.3, 0.4) is 0 Å². The monoisotopic (exact) mass is 251 g/mol. The summed E-state index contributed by atoms with van der Waals surface area (Å²) in [5.74, 6) is 0. The Kier molecular flexibility index (Phi) is 6.68. The fraction of sp³-hybridized carbons (Fsp3) is 0.643. The molecule has 0 aliphatic heterocycles. The summed E-state index contributed by atoms with van der Waals surface area (Å²) in [6.45, 7) is 11.2. The Morgan fingerprint density at radius 3 is 2.72 bits per heavy atom. The van der Waals surface area contributed by atoms with Crippen LogP contribution in [0.4, 0.5) is 0 Å². The lowest BCUT2D eigenvalue weighted by atomic mass is 10.3. The largest absolute Gasteiger partial charge is 0.314 e. The Labute approximate surface area is 110 Å². The summed E-state index contributed by atoms with van der Waals surface area (Å²) in [5, 5.41) is 3.41. The fourth-order valence-electron chi connectivity index (χ4n) is 1.83. The Balaban J connectivity index is 2.35. The van der Waals surface area contributed by atoms with Crippen molar-refractivity contribution < 1.29 is 0 Å². The van der Waals surface area contributed by atoms with E-state index in [1.807, 2.05) is 12.3 Å². The molecule has 0 atom stereocenters. The number of hydrogen-bond acceptors (Lipinski definition) is 3. The van der Waals surface area contributed by atoms with E-state index in [1.165, 1.54) is 0 Å². The highest BCUT2D eigenvalue weighted by Crippen LogP contribution is 1.90. The van der Waals surface area contributed by atoms with E-state index in [1.54, 1.807) is 16.7 Å². The Bertz CT molecular complexity index is 387. The van der Waals surface area contributed by atoms with Gasteiger partial charge in [-0.2, -0.15) is 0 Å². The van der Waals surface area contributed by atoms with E-state index >= 15 is 0 Å². The third-order valence-electron chi connectivity index (χ3n) is 2.98. The molecule has 0 unspecified atom stereocenters. The number of pyridine rings is 1. The van der Waals surface area contributed by atoms with Crippen LogP contribution in [0.1, 0.15) is 20.8 Å². The van der Waals surface area contributed by atoms with Gasteiger partial charge in [-0.15, -0.1) is 0 Å². The van der Waals surface area contributed by atoms with Crippen LogP contribution in [0.5, 0.6) is 0 Å². The second-order valence-corrected chi connectivity index (χ2v) is 4.78. The molecule has 0 spiro atoms. The maximum absolute atomic E-state index is 11.6. The van der Waals surface area contributed by atoms with Crippen LogP contribution >= 0.6 is 0 Å². The molecule has 0 saturated carbocycles. The molecule has 1 N–H and O–H groups in total. The Hall–Kier alpha value is -1.13. The van der Waals surface area contributed by atoms with Crippen LogP contribution in [-0.2, 0) is 6.54 Å². The van der Waals surface area contributed by atoms with Crippen molar-refractivity contribution in [3.63, 3.8) is 0 Å². The number of aromatic nitrogens is 1. The predicted molar refractivity (Wildman–Crippen MR) is 76.0 cm³/mol. The molecule has 4 nitrogen and oxygen atoms in total. The van der Waals surface area contributed by atoms with Gasteiger partial charge in [0, 0.05) is 44.5 Å². The predicted octanol–water partition coefficient (Wildman–Crippen LogP) is 1.17. The molecule has 0 aliphatic carbocycles. The average molecular weight is 251 g/mol. The van der Waals surface area contributed by atoms with Crippen LogP contribution in [-0.4, -0.2) is 41.7 Å². The van der Waals surface area contributed by atoms with Gasteiger partial charge in [0.2, 0.25) is 0 Å².